The van der Waals surface area contributed by atoms with Gasteiger partial charge in [0.1, 0.15) is 0 Å². The minimum absolute atomic E-state index is 0.00444. The van der Waals surface area contributed by atoms with Crippen molar-refractivity contribution < 1.29 is 13.2 Å². The van der Waals surface area contributed by atoms with E-state index in [1.54, 1.807) is 16.4 Å². The molecule has 2 atom stereocenters. The van der Waals surface area contributed by atoms with Gasteiger partial charge in [-0.1, -0.05) is 45.7 Å². The number of nitrogens with zero attached hydrogens (tertiary/aromatic N) is 1. The normalized spacial score (nSPS) is 26.7. The zero-order valence-electron chi connectivity index (χ0n) is 14.3. The van der Waals surface area contributed by atoms with E-state index in [1.807, 2.05) is 12.1 Å². The van der Waals surface area contributed by atoms with E-state index in [2.05, 4.69) is 20.8 Å². The fourth-order valence-electron chi connectivity index (χ4n) is 3.62. The topological polar surface area (TPSA) is 46.6 Å². The molecule has 2 aliphatic rings. The molecule has 1 aliphatic heterocycles. The van der Waals surface area contributed by atoms with Crippen LogP contribution in [-0.2, 0) is 20.2 Å². The van der Waals surface area contributed by atoms with Gasteiger partial charge in [-0.15, -0.1) is 0 Å². The van der Waals surface area contributed by atoms with Crippen molar-refractivity contribution in [2.75, 3.05) is 13.2 Å². The van der Waals surface area contributed by atoms with Crippen molar-refractivity contribution in [3.05, 3.63) is 29.8 Å². The van der Waals surface area contributed by atoms with E-state index in [4.69, 9.17) is 4.74 Å². The van der Waals surface area contributed by atoms with Crippen LogP contribution in [0.1, 0.15) is 52.0 Å². The number of morpholine rings is 1. The molecule has 0 N–H and O–H groups in total. The molecule has 0 aromatic heterocycles. The fraction of sp³-hybridized carbons (Fsp3) is 0.667. The van der Waals surface area contributed by atoms with Gasteiger partial charge in [0.05, 0.1) is 23.6 Å². The van der Waals surface area contributed by atoms with E-state index < -0.39 is 10.0 Å². The van der Waals surface area contributed by atoms with Gasteiger partial charge in [0, 0.05) is 6.54 Å². The molecule has 2 unspecified atom stereocenters. The van der Waals surface area contributed by atoms with Crippen molar-refractivity contribution in [3.8, 4) is 0 Å². The monoisotopic (exact) mass is 337 g/mol. The quantitative estimate of drug-likeness (QED) is 0.832. The third-order valence-corrected chi connectivity index (χ3v) is 6.95. The van der Waals surface area contributed by atoms with Crippen molar-refractivity contribution in [3.63, 3.8) is 0 Å². The fourth-order valence-corrected chi connectivity index (χ4v) is 5.29. The average molecular weight is 337 g/mol. The average Bonchev–Trinajstić information content (AvgIpc) is 2.53. The Morgan fingerprint density at radius 1 is 1.09 bits per heavy atom. The van der Waals surface area contributed by atoms with E-state index >= 15 is 0 Å². The summed E-state index contributed by atoms with van der Waals surface area (Å²) in [5.41, 5.74) is 1.17. The Morgan fingerprint density at radius 3 is 2.39 bits per heavy atom. The minimum Gasteiger partial charge on any atom is -0.375 e. The molecule has 1 saturated heterocycles. The predicted molar refractivity (Wildman–Crippen MR) is 91.0 cm³/mol. The molecule has 1 aromatic rings. The highest BCUT2D eigenvalue weighted by atomic mass is 32.2. The third-order valence-electron chi connectivity index (χ3n) is 5.01. The lowest BCUT2D eigenvalue weighted by molar-refractivity contribution is -0.0586. The van der Waals surface area contributed by atoms with Crippen molar-refractivity contribution >= 4 is 10.0 Å². The number of hydrogen-bond donors (Lipinski definition) is 0. The summed E-state index contributed by atoms with van der Waals surface area (Å²) in [5, 5.41) is 0. The summed E-state index contributed by atoms with van der Waals surface area (Å²) >= 11 is 0. The third kappa shape index (κ3) is 3.32. The Kier molecular flexibility index (Phi) is 4.55. The second kappa shape index (κ2) is 6.19. The number of rotatable bonds is 2. The lowest BCUT2D eigenvalue weighted by Gasteiger charge is -2.42. The summed E-state index contributed by atoms with van der Waals surface area (Å²) in [6.07, 6.45) is 4.17. The van der Waals surface area contributed by atoms with Crippen LogP contribution in [0, 0.1) is 0 Å². The van der Waals surface area contributed by atoms with Gasteiger partial charge < -0.3 is 4.74 Å². The van der Waals surface area contributed by atoms with Crippen molar-refractivity contribution in [1.29, 1.82) is 0 Å². The molecule has 4 nitrogen and oxygen atoms in total. The van der Waals surface area contributed by atoms with Gasteiger partial charge in [0.25, 0.3) is 0 Å². The van der Waals surface area contributed by atoms with Gasteiger partial charge in [-0.05, 0) is 36.0 Å². The van der Waals surface area contributed by atoms with Crippen molar-refractivity contribution in [2.45, 2.75) is 68.9 Å². The van der Waals surface area contributed by atoms with E-state index in [9.17, 15) is 8.42 Å². The highest BCUT2D eigenvalue weighted by Gasteiger charge is 2.40. The van der Waals surface area contributed by atoms with Crippen LogP contribution in [-0.4, -0.2) is 38.0 Å². The summed E-state index contributed by atoms with van der Waals surface area (Å²) < 4.78 is 33.6. The summed E-state index contributed by atoms with van der Waals surface area (Å²) in [6, 6.07) is 7.38. The smallest absolute Gasteiger partial charge is 0.243 e. The highest BCUT2D eigenvalue weighted by Crippen LogP contribution is 2.33. The Hall–Kier alpha value is -0.910. The molecule has 3 rings (SSSR count). The van der Waals surface area contributed by atoms with Crippen LogP contribution in [0.15, 0.2) is 29.2 Å². The SMILES string of the molecule is CC(C)(C)c1ccc(S(=O)(=O)N2CCOC3CCCCC32)cc1. The molecule has 0 radical (unpaired) electrons. The van der Waals surface area contributed by atoms with Crippen LogP contribution >= 0.6 is 0 Å². The molecule has 23 heavy (non-hydrogen) atoms. The zero-order chi connectivity index (χ0) is 16.7. The molecule has 1 aliphatic carbocycles. The van der Waals surface area contributed by atoms with Gasteiger partial charge in [-0.3, -0.25) is 0 Å². The molecular weight excluding hydrogens is 310 g/mol. The van der Waals surface area contributed by atoms with Crippen molar-refractivity contribution in [1.82, 2.24) is 4.31 Å². The first kappa shape index (κ1) is 16.9. The molecular formula is C18H27NO3S. The maximum Gasteiger partial charge on any atom is 0.243 e. The maximum absolute atomic E-state index is 13.1. The van der Waals surface area contributed by atoms with E-state index in [0.717, 1.165) is 31.2 Å². The Bertz CT molecular complexity index is 644. The minimum atomic E-state index is -3.44. The number of hydrogen-bond acceptors (Lipinski definition) is 3. The number of sulfonamides is 1. The second-order valence-electron chi connectivity index (χ2n) is 7.65. The van der Waals surface area contributed by atoms with Crippen LogP contribution in [0.3, 0.4) is 0 Å². The molecule has 0 spiro atoms. The molecule has 1 aromatic carbocycles. The molecule has 5 heteroatoms. The molecule has 1 saturated carbocycles. The standard InChI is InChI=1S/C18H27NO3S/c1-18(2,3)14-8-10-15(11-9-14)23(20,21)19-12-13-22-17-7-5-4-6-16(17)19/h8-11,16-17H,4-7,12-13H2,1-3H3. The summed E-state index contributed by atoms with van der Waals surface area (Å²) in [7, 11) is -3.44. The lowest BCUT2D eigenvalue weighted by atomic mass is 9.87. The highest BCUT2D eigenvalue weighted by molar-refractivity contribution is 7.89. The Labute approximate surface area is 139 Å². The van der Waals surface area contributed by atoms with Gasteiger partial charge >= 0.3 is 0 Å². The second-order valence-corrected chi connectivity index (χ2v) is 9.54. The molecule has 128 valence electrons. The number of benzene rings is 1. The van der Waals surface area contributed by atoms with E-state index in [1.165, 1.54) is 0 Å². The maximum atomic E-state index is 13.1. The van der Waals surface area contributed by atoms with Crippen LogP contribution in [0.4, 0.5) is 0 Å². The van der Waals surface area contributed by atoms with Crippen LogP contribution in [0.2, 0.25) is 0 Å². The number of ether oxygens (including phenoxy) is 1. The first-order valence-corrected chi connectivity index (χ1v) is 9.98. The summed E-state index contributed by atoms with van der Waals surface area (Å²) in [5.74, 6) is 0. The molecule has 1 heterocycles. The van der Waals surface area contributed by atoms with E-state index in [0.29, 0.717) is 18.0 Å². The Balaban J connectivity index is 1.88. The van der Waals surface area contributed by atoms with Gasteiger partial charge in [-0.2, -0.15) is 4.31 Å². The van der Waals surface area contributed by atoms with Crippen molar-refractivity contribution in [2.24, 2.45) is 0 Å². The zero-order valence-corrected chi connectivity index (χ0v) is 15.1. The van der Waals surface area contributed by atoms with Gasteiger partial charge in [0.15, 0.2) is 0 Å². The first-order chi connectivity index (χ1) is 10.8. The molecule has 2 fully saturated rings. The van der Waals surface area contributed by atoms with Crippen LogP contribution in [0.25, 0.3) is 0 Å². The lowest BCUT2D eigenvalue weighted by Crippen LogP contribution is -2.54. The van der Waals surface area contributed by atoms with Gasteiger partial charge in [0.2, 0.25) is 10.0 Å². The predicted octanol–water partition coefficient (Wildman–Crippen LogP) is 3.32. The molecule has 0 amide bonds. The Morgan fingerprint density at radius 2 is 1.74 bits per heavy atom. The van der Waals surface area contributed by atoms with E-state index in [-0.39, 0.29) is 17.6 Å². The number of fused-ring (bicyclic) bond motifs is 1. The first-order valence-electron chi connectivity index (χ1n) is 8.54. The van der Waals surface area contributed by atoms with Gasteiger partial charge in [-0.25, -0.2) is 8.42 Å². The summed E-state index contributed by atoms with van der Waals surface area (Å²) in [4.78, 5) is 0.400. The van der Waals surface area contributed by atoms with Crippen LogP contribution < -0.4 is 0 Å². The summed E-state index contributed by atoms with van der Waals surface area (Å²) in [6.45, 7) is 7.35. The van der Waals surface area contributed by atoms with Crippen LogP contribution in [0.5, 0.6) is 0 Å². The largest absolute Gasteiger partial charge is 0.375 e. The molecule has 0 bridgehead atoms.